The van der Waals surface area contributed by atoms with Crippen molar-refractivity contribution in [1.29, 1.82) is 0 Å². The molecule has 0 saturated carbocycles. The smallest absolute Gasteiger partial charge is 0.321 e. The molecule has 0 radical (unpaired) electrons. The Morgan fingerprint density at radius 2 is 1.83 bits per heavy atom. The average Bonchev–Trinajstić information content (AvgIpc) is 2.69. The standard InChI is InChI=1S/C18H18FNO3/c1-23-13-5-7-15-11(9-13)3-2-10-8-12(19)4-6-14(10)16(15)17(20)18(21)22/h4-9,16-17H,2-3,20H2,1H3,(H,21,22). The predicted molar refractivity (Wildman–Crippen MR) is 84.3 cm³/mol. The minimum Gasteiger partial charge on any atom is -0.497 e. The maximum absolute atomic E-state index is 13.6. The molecule has 3 N–H and O–H groups in total. The van der Waals surface area contributed by atoms with Gasteiger partial charge in [-0.2, -0.15) is 0 Å². The van der Waals surface area contributed by atoms with E-state index in [0.717, 1.165) is 22.3 Å². The van der Waals surface area contributed by atoms with E-state index < -0.39 is 17.9 Å². The van der Waals surface area contributed by atoms with Crippen LogP contribution in [-0.2, 0) is 17.6 Å². The Labute approximate surface area is 133 Å². The Bertz CT molecular complexity index is 760. The van der Waals surface area contributed by atoms with Crippen LogP contribution in [0.4, 0.5) is 4.39 Å². The summed E-state index contributed by atoms with van der Waals surface area (Å²) in [6.45, 7) is 0. The number of ether oxygens (including phenoxy) is 1. The van der Waals surface area contributed by atoms with Gasteiger partial charge in [-0.05, 0) is 59.4 Å². The van der Waals surface area contributed by atoms with E-state index in [1.54, 1.807) is 19.2 Å². The van der Waals surface area contributed by atoms with E-state index in [4.69, 9.17) is 10.5 Å². The molecule has 2 aromatic carbocycles. The van der Waals surface area contributed by atoms with Crippen LogP contribution in [0.15, 0.2) is 36.4 Å². The first kappa shape index (κ1) is 15.5. The lowest BCUT2D eigenvalue weighted by molar-refractivity contribution is -0.138. The summed E-state index contributed by atoms with van der Waals surface area (Å²) >= 11 is 0. The minimum absolute atomic E-state index is 0.324. The number of hydrogen-bond acceptors (Lipinski definition) is 3. The van der Waals surface area contributed by atoms with Crippen LogP contribution in [0, 0.1) is 5.82 Å². The fraction of sp³-hybridized carbons (Fsp3) is 0.278. The second kappa shape index (κ2) is 6.01. The Morgan fingerprint density at radius 1 is 1.22 bits per heavy atom. The van der Waals surface area contributed by atoms with Gasteiger partial charge in [0, 0.05) is 5.92 Å². The molecule has 2 atom stereocenters. The monoisotopic (exact) mass is 315 g/mol. The van der Waals surface area contributed by atoms with Crippen molar-refractivity contribution in [1.82, 2.24) is 0 Å². The van der Waals surface area contributed by atoms with Crippen LogP contribution in [0.2, 0.25) is 0 Å². The maximum atomic E-state index is 13.6. The van der Waals surface area contributed by atoms with Gasteiger partial charge in [0.05, 0.1) is 7.11 Å². The molecule has 120 valence electrons. The molecule has 0 heterocycles. The van der Waals surface area contributed by atoms with Gasteiger partial charge >= 0.3 is 5.97 Å². The van der Waals surface area contributed by atoms with Crippen LogP contribution in [-0.4, -0.2) is 24.2 Å². The number of benzene rings is 2. The first-order chi connectivity index (χ1) is 11.0. The number of carboxylic acids is 1. The highest BCUT2D eigenvalue weighted by Crippen LogP contribution is 2.37. The molecule has 5 heteroatoms. The van der Waals surface area contributed by atoms with Crippen molar-refractivity contribution in [2.45, 2.75) is 24.8 Å². The third-order valence-electron chi connectivity index (χ3n) is 4.43. The minimum atomic E-state index is -1.09. The molecule has 0 aliphatic heterocycles. The van der Waals surface area contributed by atoms with Crippen LogP contribution in [0.5, 0.6) is 5.75 Å². The number of aryl methyl sites for hydroxylation is 2. The Hall–Kier alpha value is -2.40. The second-order valence-corrected chi connectivity index (χ2v) is 5.75. The van der Waals surface area contributed by atoms with E-state index in [-0.39, 0.29) is 5.82 Å². The number of hydrogen-bond donors (Lipinski definition) is 2. The largest absolute Gasteiger partial charge is 0.497 e. The molecule has 2 unspecified atom stereocenters. The van der Waals surface area contributed by atoms with Crippen LogP contribution in [0.25, 0.3) is 0 Å². The van der Waals surface area contributed by atoms with E-state index in [1.165, 1.54) is 12.1 Å². The van der Waals surface area contributed by atoms with Crippen molar-refractivity contribution >= 4 is 5.97 Å². The summed E-state index contributed by atoms with van der Waals surface area (Å²) in [7, 11) is 1.59. The number of nitrogens with two attached hydrogens (primary N) is 1. The fourth-order valence-electron chi connectivity index (χ4n) is 3.29. The van der Waals surface area contributed by atoms with Crippen molar-refractivity contribution < 1.29 is 19.0 Å². The Morgan fingerprint density at radius 3 is 2.43 bits per heavy atom. The van der Waals surface area contributed by atoms with Crippen LogP contribution in [0.1, 0.15) is 28.2 Å². The number of carbonyl (C=O) groups is 1. The normalized spacial score (nSPS) is 17.6. The van der Waals surface area contributed by atoms with Crippen LogP contribution < -0.4 is 10.5 Å². The summed E-state index contributed by atoms with van der Waals surface area (Å²) in [6, 6.07) is 8.95. The van der Waals surface area contributed by atoms with Crippen LogP contribution >= 0.6 is 0 Å². The topological polar surface area (TPSA) is 72.5 Å². The number of halogens is 1. The zero-order valence-corrected chi connectivity index (χ0v) is 12.8. The van der Waals surface area contributed by atoms with Gasteiger partial charge in [-0.1, -0.05) is 12.1 Å². The van der Waals surface area contributed by atoms with E-state index in [1.807, 2.05) is 12.1 Å². The third-order valence-corrected chi connectivity index (χ3v) is 4.43. The predicted octanol–water partition coefficient (Wildman–Crippen LogP) is 2.48. The van der Waals surface area contributed by atoms with Gasteiger partial charge in [0.25, 0.3) is 0 Å². The zero-order valence-electron chi connectivity index (χ0n) is 12.8. The lowest BCUT2D eigenvalue weighted by Gasteiger charge is -2.24. The molecule has 0 aromatic heterocycles. The fourth-order valence-corrected chi connectivity index (χ4v) is 3.29. The van der Waals surface area contributed by atoms with Gasteiger partial charge in [-0.15, -0.1) is 0 Å². The molecule has 2 aromatic rings. The van der Waals surface area contributed by atoms with E-state index >= 15 is 0 Å². The molecule has 0 bridgehead atoms. The highest BCUT2D eigenvalue weighted by Gasteiger charge is 2.32. The van der Waals surface area contributed by atoms with E-state index in [2.05, 4.69) is 0 Å². The number of aliphatic carboxylic acids is 1. The summed E-state index contributed by atoms with van der Waals surface area (Å²) in [4.78, 5) is 11.5. The van der Waals surface area contributed by atoms with E-state index in [9.17, 15) is 14.3 Å². The number of fused-ring (bicyclic) bond motifs is 2. The molecular weight excluding hydrogens is 297 g/mol. The summed E-state index contributed by atoms with van der Waals surface area (Å²) in [6.07, 6.45) is 1.32. The Kier molecular flexibility index (Phi) is 4.05. The van der Waals surface area contributed by atoms with Gasteiger partial charge < -0.3 is 15.6 Å². The molecule has 0 saturated heterocycles. The molecule has 4 nitrogen and oxygen atoms in total. The molecule has 1 aliphatic carbocycles. The molecule has 3 rings (SSSR count). The Balaban J connectivity index is 2.20. The molecular formula is C18H18FNO3. The van der Waals surface area contributed by atoms with Gasteiger partial charge in [0.15, 0.2) is 0 Å². The van der Waals surface area contributed by atoms with Crippen molar-refractivity contribution in [2.75, 3.05) is 7.11 Å². The lowest BCUT2D eigenvalue weighted by Crippen LogP contribution is -2.37. The highest BCUT2D eigenvalue weighted by atomic mass is 19.1. The second-order valence-electron chi connectivity index (χ2n) is 5.75. The summed E-state index contributed by atoms with van der Waals surface area (Å²) in [5.74, 6) is -1.20. The summed E-state index contributed by atoms with van der Waals surface area (Å²) in [5.41, 5.74) is 9.42. The van der Waals surface area contributed by atoms with Crippen LogP contribution in [0.3, 0.4) is 0 Å². The van der Waals surface area contributed by atoms with Gasteiger partial charge in [-0.3, -0.25) is 4.79 Å². The summed E-state index contributed by atoms with van der Waals surface area (Å²) < 4.78 is 18.8. The lowest BCUT2D eigenvalue weighted by atomic mass is 9.83. The number of carboxylic acid groups (broad SMARTS) is 1. The first-order valence-corrected chi connectivity index (χ1v) is 7.44. The number of rotatable bonds is 3. The van der Waals surface area contributed by atoms with Gasteiger partial charge in [-0.25, -0.2) is 4.39 Å². The molecule has 0 amide bonds. The number of methoxy groups -OCH3 is 1. The van der Waals surface area contributed by atoms with Gasteiger partial charge in [0.2, 0.25) is 0 Å². The molecule has 0 spiro atoms. The van der Waals surface area contributed by atoms with Crippen molar-refractivity contribution in [3.63, 3.8) is 0 Å². The average molecular weight is 315 g/mol. The van der Waals surface area contributed by atoms with Gasteiger partial charge in [0.1, 0.15) is 17.6 Å². The molecule has 0 fully saturated rings. The van der Waals surface area contributed by atoms with Crippen molar-refractivity contribution in [3.8, 4) is 5.75 Å². The summed E-state index contributed by atoms with van der Waals surface area (Å²) in [5, 5.41) is 9.41. The zero-order chi connectivity index (χ0) is 16.6. The maximum Gasteiger partial charge on any atom is 0.321 e. The van der Waals surface area contributed by atoms with Crippen molar-refractivity contribution in [3.05, 3.63) is 64.5 Å². The third kappa shape index (κ3) is 2.80. The molecule has 23 heavy (non-hydrogen) atoms. The molecule has 1 aliphatic rings. The quantitative estimate of drug-likeness (QED) is 0.912. The first-order valence-electron chi connectivity index (χ1n) is 7.44. The van der Waals surface area contributed by atoms with Crippen molar-refractivity contribution in [2.24, 2.45) is 5.73 Å². The SMILES string of the molecule is COc1ccc2c(c1)CCc1cc(F)ccc1C2C(N)C(=O)O. The van der Waals surface area contributed by atoms with E-state index in [0.29, 0.717) is 18.6 Å². The highest BCUT2D eigenvalue weighted by molar-refractivity contribution is 5.76.